The van der Waals surface area contributed by atoms with Crippen molar-refractivity contribution in [2.24, 2.45) is 0 Å². The van der Waals surface area contributed by atoms with Gasteiger partial charge in [-0.1, -0.05) is 61.4 Å². The van der Waals surface area contributed by atoms with Gasteiger partial charge in [0.1, 0.15) is 5.75 Å². The molecule has 3 aromatic rings. The van der Waals surface area contributed by atoms with Crippen molar-refractivity contribution in [1.29, 1.82) is 0 Å². The van der Waals surface area contributed by atoms with E-state index in [1.807, 2.05) is 30.3 Å². The number of hydrogen-bond acceptors (Lipinski definition) is 5. The lowest BCUT2D eigenvalue weighted by molar-refractivity contribution is 0.283. The lowest BCUT2D eigenvalue weighted by Gasteiger charge is -2.42. The lowest BCUT2D eigenvalue weighted by Crippen LogP contribution is -2.42. The van der Waals surface area contributed by atoms with Gasteiger partial charge in [-0.05, 0) is 37.0 Å². The Balaban J connectivity index is 1.81. The van der Waals surface area contributed by atoms with Crippen molar-refractivity contribution in [1.82, 2.24) is 9.55 Å². The number of methoxy groups -OCH3 is 1. The maximum Gasteiger partial charge on any atom is 0.263 e. The summed E-state index contributed by atoms with van der Waals surface area (Å²) in [6, 6.07) is 16.0. The van der Waals surface area contributed by atoms with Crippen LogP contribution in [0.2, 0.25) is 0 Å². The van der Waals surface area contributed by atoms with Crippen molar-refractivity contribution in [3.63, 3.8) is 0 Å². The number of hydrogen-bond donors (Lipinski definition) is 1. The van der Waals surface area contributed by atoms with E-state index in [9.17, 15) is 9.90 Å². The number of benzene rings is 2. The van der Waals surface area contributed by atoms with Crippen LogP contribution >= 0.6 is 11.8 Å². The predicted molar refractivity (Wildman–Crippen MR) is 128 cm³/mol. The van der Waals surface area contributed by atoms with Crippen molar-refractivity contribution in [2.75, 3.05) is 19.5 Å². The first-order valence-corrected chi connectivity index (χ1v) is 12.3. The molecule has 0 saturated heterocycles. The molecule has 0 atom stereocenters. The van der Waals surface area contributed by atoms with Gasteiger partial charge in [-0.2, -0.15) is 0 Å². The Labute approximate surface area is 192 Å². The number of fused-ring (bicyclic) bond motifs is 4. The molecule has 32 heavy (non-hydrogen) atoms. The number of nitrogens with zero attached hydrogens (tertiary/aromatic N) is 2. The quantitative estimate of drug-likeness (QED) is 0.451. The van der Waals surface area contributed by atoms with Crippen LogP contribution in [0.3, 0.4) is 0 Å². The van der Waals surface area contributed by atoms with Crippen LogP contribution in [-0.4, -0.2) is 34.1 Å². The van der Waals surface area contributed by atoms with Crippen LogP contribution in [0, 0.1) is 0 Å². The largest absolute Gasteiger partial charge is 0.497 e. The molecule has 5 nitrogen and oxygen atoms in total. The number of ether oxygens (including phenoxy) is 1. The molecule has 1 aromatic heterocycles. The number of aliphatic hydroxyl groups is 1. The highest BCUT2D eigenvalue weighted by atomic mass is 32.2. The fourth-order valence-electron chi connectivity index (χ4n) is 5.40. The second-order valence-electron chi connectivity index (χ2n) is 8.71. The summed E-state index contributed by atoms with van der Waals surface area (Å²) in [4.78, 5) is 19.4. The van der Waals surface area contributed by atoms with Gasteiger partial charge in [0.2, 0.25) is 0 Å². The van der Waals surface area contributed by atoms with Gasteiger partial charge < -0.3 is 9.84 Å². The normalized spacial score (nSPS) is 16.4. The summed E-state index contributed by atoms with van der Waals surface area (Å²) in [5.74, 6) is 1.17. The Hall–Kier alpha value is -2.57. The Bertz CT molecular complexity index is 1200. The van der Waals surface area contributed by atoms with Gasteiger partial charge in [-0.15, -0.1) is 0 Å². The molecule has 1 heterocycles. The fraction of sp³-hybridized carbons (Fsp3) is 0.385. The Kier molecular flexibility index (Phi) is 5.82. The highest BCUT2D eigenvalue weighted by molar-refractivity contribution is 7.99. The first-order chi connectivity index (χ1) is 15.7. The molecule has 2 aliphatic rings. The van der Waals surface area contributed by atoms with Gasteiger partial charge in [-0.25, -0.2) is 4.98 Å². The zero-order valence-corrected chi connectivity index (χ0v) is 19.2. The maximum atomic E-state index is 14.3. The standard InChI is InChI=1S/C26H28N2O3S/c1-31-20-10-7-9-19(16-20)28-24(30)22-23(27-25(28)32-15-14-29)21-11-4-3-8-18(21)17-26(22)12-5-2-6-13-26/h3-4,7-11,16,29H,2,5-6,12-15,17H2,1H3. The molecule has 1 spiro atoms. The Morgan fingerprint density at radius 3 is 2.72 bits per heavy atom. The zero-order chi connectivity index (χ0) is 22.1. The lowest BCUT2D eigenvalue weighted by atomic mass is 9.62. The SMILES string of the molecule is COc1cccc(-n2c(SCCO)nc3c(c2=O)C2(CCCCC2)Cc2ccccc2-3)c1. The summed E-state index contributed by atoms with van der Waals surface area (Å²) < 4.78 is 7.15. The average Bonchev–Trinajstić information content (AvgIpc) is 2.83. The molecule has 1 saturated carbocycles. The van der Waals surface area contributed by atoms with Gasteiger partial charge in [0, 0.05) is 22.8 Å². The van der Waals surface area contributed by atoms with Gasteiger partial charge in [0.05, 0.1) is 30.7 Å². The van der Waals surface area contributed by atoms with Crippen LogP contribution in [0.15, 0.2) is 58.5 Å². The minimum absolute atomic E-state index is 0.0140. The first-order valence-electron chi connectivity index (χ1n) is 11.3. The third-order valence-corrected chi connectivity index (χ3v) is 7.75. The highest BCUT2D eigenvalue weighted by Crippen LogP contribution is 2.49. The summed E-state index contributed by atoms with van der Waals surface area (Å²) >= 11 is 1.41. The Morgan fingerprint density at radius 2 is 1.94 bits per heavy atom. The average molecular weight is 449 g/mol. The minimum atomic E-state index is -0.160. The molecule has 0 aliphatic heterocycles. The van der Waals surface area contributed by atoms with Crippen LogP contribution in [-0.2, 0) is 11.8 Å². The second-order valence-corrected chi connectivity index (χ2v) is 9.77. The van der Waals surface area contributed by atoms with Gasteiger partial charge in [-0.3, -0.25) is 9.36 Å². The molecule has 5 rings (SSSR count). The van der Waals surface area contributed by atoms with E-state index in [0.717, 1.165) is 54.6 Å². The molecule has 0 bridgehead atoms. The summed E-state index contributed by atoms with van der Waals surface area (Å²) in [6.07, 6.45) is 6.44. The molecule has 1 fully saturated rings. The minimum Gasteiger partial charge on any atom is -0.497 e. The van der Waals surface area contributed by atoms with E-state index >= 15 is 0 Å². The van der Waals surface area contributed by atoms with E-state index in [0.29, 0.717) is 16.7 Å². The van der Waals surface area contributed by atoms with Crippen LogP contribution in [0.1, 0.15) is 43.2 Å². The zero-order valence-electron chi connectivity index (χ0n) is 18.3. The van der Waals surface area contributed by atoms with Crippen molar-refractivity contribution >= 4 is 11.8 Å². The van der Waals surface area contributed by atoms with Crippen molar-refractivity contribution < 1.29 is 9.84 Å². The molecule has 166 valence electrons. The first kappa shape index (κ1) is 21.3. The summed E-state index contributed by atoms with van der Waals surface area (Å²) in [7, 11) is 1.63. The van der Waals surface area contributed by atoms with Gasteiger partial charge >= 0.3 is 0 Å². The molecule has 0 unspecified atom stereocenters. The molecule has 0 radical (unpaired) electrons. The molecule has 1 N–H and O–H groups in total. The summed E-state index contributed by atoms with van der Waals surface area (Å²) in [5.41, 5.74) is 4.65. The number of thioether (sulfide) groups is 1. The summed E-state index contributed by atoms with van der Waals surface area (Å²) in [5, 5.41) is 10.1. The van der Waals surface area contributed by atoms with E-state index in [4.69, 9.17) is 9.72 Å². The number of rotatable bonds is 5. The van der Waals surface area contributed by atoms with Gasteiger partial charge in [0.15, 0.2) is 5.16 Å². The van der Waals surface area contributed by atoms with Crippen LogP contribution in [0.4, 0.5) is 0 Å². The van der Waals surface area contributed by atoms with E-state index in [1.54, 1.807) is 11.7 Å². The molecular weight excluding hydrogens is 420 g/mol. The number of aliphatic hydroxyl groups excluding tert-OH is 1. The maximum absolute atomic E-state index is 14.3. The van der Waals surface area contributed by atoms with E-state index in [-0.39, 0.29) is 17.6 Å². The predicted octanol–water partition coefficient (Wildman–Crippen LogP) is 4.75. The van der Waals surface area contributed by atoms with Crippen molar-refractivity contribution in [2.45, 2.75) is 49.1 Å². The molecule has 2 aliphatic carbocycles. The van der Waals surface area contributed by atoms with E-state index in [1.165, 1.54) is 23.7 Å². The smallest absolute Gasteiger partial charge is 0.263 e. The molecule has 2 aromatic carbocycles. The van der Waals surface area contributed by atoms with E-state index < -0.39 is 0 Å². The van der Waals surface area contributed by atoms with Crippen molar-refractivity contribution in [3.8, 4) is 22.7 Å². The Morgan fingerprint density at radius 1 is 1.12 bits per heavy atom. The molecule has 6 heteroatoms. The monoisotopic (exact) mass is 448 g/mol. The van der Waals surface area contributed by atoms with E-state index in [2.05, 4.69) is 18.2 Å². The third kappa shape index (κ3) is 3.55. The van der Waals surface area contributed by atoms with Crippen LogP contribution in [0.5, 0.6) is 5.75 Å². The van der Waals surface area contributed by atoms with Crippen LogP contribution in [0.25, 0.3) is 16.9 Å². The molecular formula is C26H28N2O3S. The second kappa shape index (κ2) is 8.75. The van der Waals surface area contributed by atoms with Crippen LogP contribution < -0.4 is 10.3 Å². The summed E-state index contributed by atoms with van der Waals surface area (Å²) in [6.45, 7) is 0.0241. The topological polar surface area (TPSA) is 64.3 Å². The van der Waals surface area contributed by atoms with Crippen molar-refractivity contribution in [3.05, 3.63) is 70.0 Å². The molecule has 0 amide bonds. The fourth-order valence-corrected chi connectivity index (χ4v) is 6.15. The van der Waals surface area contributed by atoms with Gasteiger partial charge in [0.25, 0.3) is 5.56 Å². The highest BCUT2D eigenvalue weighted by Gasteiger charge is 2.43. The third-order valence-electron chi connectivity index (χ3n) is 6.83. The number of aromatic nitrogens is 2.